The number of methoxy groups -OCH3 is 1. The average Bonchev–Trinajstić information content (AvgIpc) is 2.53. The number of ether oxygens (including phenoxy) is 1. The van der Waals surface area contributed by atoms with Crippen molar-refractivity contribution in [2.75, 3.05) is 20.2 Å². The number of carboxylic acids is 1. The first-order valence-electron chi connectivity index (χ1n) is 7.61. The Hall–Kier alpha value is -2.64. The maximum absolute atomic E-state index is 12.7. The van der Waals surface area contributed by atoms with Crippen LogP contribution in [0.3, 0.4) is 0 Å². The maximum atomic E-state index is 12.7. The summed E-state index contributed by atoms with van der Waals surface area (Å²) in [6.45, 7) is 3.96. The van der Waals surface area contributed by atoms with E-state index in [2.05, 4.69) is 0 Å². The van der Waals surface area contributed by atoms with E-state index in [0.717, 1.165) is 0 Å². The van der Waals surface area contributed by atoms with Gasteiger partial charge < -0.3 is 14.7 Å². The van der Waals surface area contributed by atoms with Gasteiger partial charge >= 0.3 is 5.97 Å². The number of aliphatic carboxylic acids is 1. The van der Waals surface area contributed by atoms with Gasteiger partial charge in [0.05, 0.1) is 29.1 Å². The molecule has 130 valence electrons. The van der Waals surface area contributed by atoms with Crippen molar-refractivity contribution in [2.45, 2.75) is 20.3 Å². The molecule has 2 rings (SSSR count). The number of hydrogen-bond acceptors (Lipinski definition) is 5. The first kappa shape index (κ1) is 17.7. The molecule has 8 nitrogen and oxygen atoms in total. The molecule has 0 aliphatic carbocycles. The molecule has 0 aromatic heterocycles. The molecule has 2 unspecified atom stereocenters. The molecule has 24 heavy (non-hydrogen) atoms. The highest BCUT2D eigenvalue weighted by Crippen LogP contribution is 2.31. The molecule has 0 spiro atoms. The van der Waals surface area contributed by atoms with Crippen LogP contribution >= 0.6 is 0 Å². The van der Waals surface area contributed by atoms with Crippen LogP contribution in [0.5, 0.6) is 5.75 Å². The van der Waals surface area contributed by atoms with Gasteiger partial charge in [0.1, 0.15) is 5.75 Å². The molecule has 0 bridgehead atoms. The number of amides is 1. The summed E-state index contributed by atoms with van der Waals surface area (Å²) in [5.41, 5.74) is 0.355. The topological polar surface area (TPSA) is 110 Å². The van der Waals surface area contributed by atoms with Crippen LogP contribution in [0.2, 0.25) is 0 Å². The number of carboxylic acid groups (broad SMARTS) is 1. The molecule has 1 saturated heterocycles. The maximum Gasteiger partial charge on any atom is 0.306 e. The normalized spacial score (nSPS) is 20.5. The van der Waals surface area contributed by atoms with Crippen molar-refractivity contribution < 1.29 is 24.4 Å². The van der Waals surface area contributed by atoms with Crippen molar-refractivity contribution in [1.29, 1.82) is 0 Å². The van der Waals surface area contributed by atoms with E-state index >= 15 is 0 Å². The van der Waals surface area contributed by atoms with Gasteiger partial charge in [0.2, 0.25) is 0 Å². The van der Waals surface area contributed by atoms with Gasteiger partial charge in [-0.15, -0.1) is 0 Å². The molecule has 0 radical (unpaired) electrons. The van der Waals surface area contributed by atoms with Crippen LogP contribution in [0, 0.1) is 28.9 Å². The first-order chi connectivity index (χ1) is 11.3. The molecule has 0 saturated carbocycles. The monoisotopic (exact) mass is 336 g/mol. The summed E-state index contributed by atoms with van der Waals surface area (Å²) in [4.78, 5) is 36.0. The van der Waals surface area contributed by atoms with E-state index in [9.17, 15) is 19.7 Å². The Balaban J connectivity index is 2.29. The highest BCUT2D eigenvalue weighted by atomic mass is 16.6. The van der Waals surface area contributed by atoms with Crippen LogP contribution < -0.4 is 4.74 Å². The number of nitro benzene ring substituents is 1. The molecule has 1 heterocycles. The summed E-state index contributed by atoms with van der Waals surface area (Å²) in [7, 11) is 1.39. The Labute approximate surface area is 139 Å². The van der Waals surface area contributed by atoms with Crippen LogP contribution in [-0.2, 0) is 4.79 Å². The Morgan fingerprint density at radius 1 is 1.42 bits per heavy atom. The predicted molar refractivity (Wildman–Crippen MR) is 85.2 cm³/mol. The molecule has 1 aliphatic rings. The summed E-state index contributed by atoms with van der Waals surface area (Å²) < 4.78 is 5.13. The highest BCUT2D eigenvalue weighted by molar-refractivity contribution is 5.96. The zero-order chi connectivity index (χ0) is 18.0. The van der Waals surface area contributed by atoms with E-state index in [1.165, 1.54) is 24.1 Å². The van der Waals surface area contributed by atoms with Crippen LogP contribution in [0.15, 0.2) is 12.1 Å². The fourth-order valence-corrected chi connectivity index (χ4v) is 3.08. The van der Waals surface area contributed by atoms with Crippen LogP contribution in [0.4, 0.5) is 5.69 Å². The van der Waals surface area contributed by atoms with Crippen molar-refractivity contribution in [2.24, 2.45) is 11.8 Å². The summed E-state index contributed by atoms with van der Waals surface area (Å²) in [6.07, 6.45) is 0.368. The average molecular weight is 336 g/mol. The van der Waals surface area contributed by atoms with Crippen molar-refractivity contribution in [3.63, 3.8) is 0 Å². The fraction of sp³-hybridized carbons (Fsp3) is 0.500. The van der Waals surface area contributed by atoms with Gasteiger partial charge in [0, 0.05) is 19.2 Å². The molecule has 1 N–H and O–H groups in total. The Morgan fingerprint density at radius 3 is 2.58 bits per heavy atom. The number of benzene rings is 1. The number of nitrogens with zero attached hydrogens (tertiary/aromatic N) is 2. The summed E-state index contributed by atoms with van der Waals surface area (Å²) in [6, 6.07) is 2.73. The molecular weight excluding hydrogens is 316 g/mol. The number of carbonyl (C=O) groups is 2. The minimum atomic E-state index is -0.859. The van der Waals surface area contributed by atoms with E-state index in [0.29, 0.717) is 25.1 Å². The summed E-state index contributed by atoms with van der Waals surface area (Å²) >= 11 is 0. The predicted octanol–water partition coefficient (Wildman–Crippen LogP) is 2.09. The lowest BCUT2D eigenvalue weighted by Crippen LogP contribution is -2.45. The zero-order valence-corrected chi connectivity index (χ0v) is 13.8. The van der Waals surface area contributed by atoms with Gasteiger partial charge in [-0.1, -0.05) is 6.92 Å². The third-order valence-corrected chi connectivity index (χ3v) is 4.51. The Kier molecular flexibility index (Phi) is 5.06. The Morgan fingerprint density at radius 2 is 2.08 bits per heavy atom. The number of rotatable bonds is 4. The Bertz CT molecular complexity index is 687. The standard InChI is InChI=1S/C16H20N2O6/c1-9-8-17(5-4-12(9)16(20)21)15(19)11-6-13(18(22)23)10(2)14(7-11)24-3/h6-7,9,12H,4-5,8H2,1-3H3,(H,20,21). The van der Waals surface area contributed by atoms with Gasteiger partial charge in [-0.2, -0.15) is 0 Å². The van der Waals surface area contributed by atoms with Crippen molar-refractivity contribution in [3.05, 3.63) is 33.4 Å². The largest absolute Gasteiger partial charge is 0.496 e. The highest BCUT2D eigenvalue weighted by Gasteiger charge is 2.34. The second-order valence-corrected chi connectivity index (χ2v) is 6.04. The third kappa shape index (κ3) is 3.32. The molecular formula is C16H20N2O6. The number of likely N-dealkylation sites (tertiary alicyclic amines) is 1. The lowest BCUT2D eigenvalue weighted by atomic mass is 9.87. The molecule has 1 amide bonds. The van der Waals surface area contributed by atoms with E-state index < -0.39 is 16.8 Å². The molecule has 1 aromatic carbocycles. The fourth-order valence-electron chi connectivity index (χ4n) is 3.08. The van der Waals surface area contributed by atoms with Crippen molar-refractivity contribution in [3.8, 4) is 5.75 Å². The van der Waals surface area contributed by atoms with E-state index in [1.807, 2.05) is 0 Å². The second-order valence-electron chi connectivity index (χ2n) is 6.04. The number of nitro groups is 1. The molecule has 1 aromatic rings. The minimum Gasteiger partial charge on any atom is -0.496 e. The van der Waals surface area contributed by atoms with Crippen molar-refractivity contribution >= 4 is 17.6 Å². The molecule has 2 atom stereocenters. The summed E-state index contributed by atoms with van der Waals surface area (Å²) in [5.74, 6) is -1.59. The van der Waals surface area contributed by atoms with Gasteiger partial charge in [-0.05, 0) is 25.3 Å². The minimum absolute atomic E-state index is 0.171. The van der Waals surface area contributed by atoms with Gasteiger partial charge in [-0.3, -0.25) is 19.7 Å². The van der Waals surface area contributed by atoms with Crippen molar-refractivity contribution in [1.82, 2.24) is 4.90 Å². The second kappa shape index (κ2) is 6.86. The van der Waals surface area contributed by atoms with E-state index in [1.54, 1.807) is 13.8 Å². The smallest absolute Gasteiger partial charge is 0.306 e. The van der Waals surface area contributed by atoms with Crippen LogP contribution in [0.1, 0.15) is 29.3 Å². The van der Waals surface area contributed by atoms with Crippen LogP contribution in [-0.4, -0.2) is 47.0 Å². The number of carbonyl (C=O) groups excluding carboxylic acids is 1. The SMILES string of the molecule is COc1cc(C(=O)N2CCC(C(=O)O)C(C)C2)cc([N+](=O)[O-])c1C. The number of piperidine rings is 1. The third-order valence-electron chi connectivity index (χ3n) is 4.51. The first-order valence-corrected chi connectivity index (χ1v) is 7.61. The van der Waals surface area contributed by atoms with Gasteiger partial charge in [0.25, 0.3) is 11.6 Å². The van der Waals surface area contributed by atoms with Gasteiger partial charge in [-0.25, -0.2) is 0 Å². The molecule has 1 fully saturated rings. The lowest BCUT2D eigenvalue weighted by Gasteiger charge is -2.35. The molecule has 8 heteroatoms. The summed E-state index contributed by atoms with van der Waals surface area (Å²) in [5, 5.41) is 20.3. The van der Waals surface area contributed by atoms with E-state index in [-0.39, 0.29) is 28.8 Å². The molecule has 1 aliphatic heterocycles. The number of hydrogen-bond donors (Lipinski definition) is 1. The zero-order valence-electron chi connectivity index (χ0n) is 13.8. The van der Waals surface area contributed by atoms with E-state index in [4.69, 9.17) is 9.84 Å². The van der Waals surface area contributed by atoms with Crippen LogP contribution in [0.25, 0.3) is 0 Å². The quantitative estimate of drug-likeness (QED) is 0.666. The van der Waals surface area contributed by atoms with Gasteiger partial charge in [0.15, 0.2) is 0 Å². The lowest BCUT2D eigenvalue weighted by molar-refractivity contribution is -0.385.